The number of pyridine rings is 1. The van der Waals surface area contributed by atoms with Crippen LogP contribution in [0.1, 0.15) is 21.5 Å². The number of carbonyl (C=O) groups is 1. The van der Waals surface area contributed by atoms with Crippen molar-refractivity contribution in [3.8, 4) is 11.3 Å². The Balaban J connectivity index is 1.55. The summed E-state index contributed by atoms with van der Waals surface area (Å²) in [5.41, 5.74) is 5.85. The van der Waals surface area contributed by atoms with Crippen LogP contribution >= 0.6 is 0 Å². The number of benzene rings is 2. The van der Waals surface area contributed by atoms with Crippen LogP contribution in [0.3, 0.4) is 0 Å². The van der Waals surface area contributed by atoms with Gasteiger partial charge in [-0.3, -0.25) is 4.79 Å². The molecule has 0 saturated carbocycles. The fraction of sp³-hybridized carbons (Fsp3) is 0.130. The largest absolute Gasteiger partial charge is 0.386 e. The number of rotatable bonds is 4. The number of nitrogens with zero attached hydrogens (tertiary/aromatic N) is 2. The second-order valence-corrected chi connectivity index (χ2v) is 7.03. The Kier molecular flexibility index (Phi) is 4.76. The monoisotopic (exact) mass is 388 g/mol. The van der Waals surface area contributed by atoms with E-state index in [4.69, 9.17) is 0 Å². The fourth-order valence-corrected chi connectivity index (χ4v) is 3.28. The van der Waals surface area contributed by atoms with Crippen LogP contribution < -0.4 is 10.6 Å². The van der Waals surface area contributed by atoms with Crippen molar-refractivity contribution in [1.82, 2.24) is 9.38 Å². The Bertz CT molecular complexity index is 1210. The van der Waals surface area contributed by atoms with E-state index in [1.165, 1.54) is 6.07 Å². The third-order valence-electron chi connectivity index (χ3n) is 4.87. The zero-order valence-corrected chi connectivity index (χ0v) is 16.5. The topological polar surface area (TPSA) is 58.4 Å². The molecule has 146 valence electrons. The van der Waals surface area contributed by atoms with E-state index in [-0.39, 0.29) is 5.91 Å². The van der Waals surface area contributed by atoms with Gasteiger partial charge in [0.1, 0.15) is 11.5 Å². The van der Waals surface area contributed by atoms with Crippen molar-refractivity contribution in [2.75, 3.05) is 17.7 Å². The van der Waals surface area contributed by atoms with Crippen molar-refractivity contribution < 1.29 is 9.18 Å². The SMILES string of the molecule is CNc1cc(C)c(C(=O)Nc2ccc(-c3cn4cc(C)ccc4n3)cc2)cc1F. The molecule has 5 nitrogen and oxygen atoms in total. The molecule has 2 aromatic heterocycles. The van der Waals surface area contributed by atoms with Crippen LogP contribution in [0.15, 0.2) is 60.9 Å². The molecular formula is C23H21FN4O. The number of aryl methyl sites for hydroxylation is 2. The predicted molar refractivity (Wildman–Crippen MR) is 114 cm³/mol. The van der Waals surface area contributed by atoms with Gasteiger partial charge in [-0.05, 0) is 55.3 Å². The first-order valence-corrected chi connectivity index (χ1v) is 9.29. The first kappa shape index (κ1) is 18.7. The summed E-state index contributed by atoms with van der Waals surface area (Å²) in [6, 6.07) is 14.3. The zero-order valence-electron chi connectivity index (χ0n) is 16.5. The highest BCUT2D eigenvalue weighted by atomic mass is 19.1. The third kappa shape index (κ3) is 3.69. The molecule has 6 heteroatoms. The van der Waals surface area contributed by atoms with E-state index in [0.29, 0.717) is 22.5 Å². The number of nitrogens with one attached hydrogen (secondary N) is 2. The van der Waals surface area contributed by atoms with E-state index in [0.717, 1.165) is 22.5 Å². The van der Waals surface area contributed by atoms with Crippen LogP contribution in [-0.4, -0.2) is 22.3 Å². The molecule has 1 amide bonds. The summed E-state index contributed by atoms with van der Waals surface area (Å²) in [4.78, 5) is 17.2. The molecular weight excluding hydrogens is 367 g/mol. The van der Waals surface area contributed by atoms with Gasteiger partial charge in [-0.1, -0.05) is 18.2 Å². The molecule has 2 N–H and O–H groups in total. The van der Waals surface area contributed by atoms with Gasteiger partial charge in [-0.25, -0.2) is 9.37 Å². The minimum Gasteiger partial charge on any atom is -0.386 e. The van der Waals surface area contributed by atoms with Gasteiger partial charge >= 0.3 is 0 Å². The number of aromatic nitrogens is 2. The molecule has 0 aliphatic carbocycles. The molecule has 0 radical (unpaired) electrons. The summed E-state index contributed by atoms with van der Waals surface area (Å²) in [6.07, 6.45) is 4.01. The van der Waals surface area contributed by atoms with Gasteiger partial charge in [0, 0.05) is 36.3 Å². The average Bonchev–Trinajstić information content (AvgIpc) is 3.13. The Morgan fingerprint density at radius 2 is 1.79 bits per heavy atom. The Morgan fingerprint density at radius 3 is 2.52 bits per heavy atom. The molecule has 2 aromatic carbocycles. The predicted octanol–water partition coefficient (Wildman–Crippen LogP) is 5.05. The molecule has 0 spiro atoms. The number of amides is 1. The van der Waals surface area contributed by atoms with E-state index in [9.17, 15) is 9.18 Å². The van der Waals surface area contributed by atoms with Gasteiger partial charge < -0.3 is 15.0 Å². The highest BCUT2D eigenvalue weighted by Crippen LogP contribution is 2.23. The lowest BCUT2D eigenvalue weighted by Gasteiger charge is -2.11. The van der Waals surface area contributed by atoms with Gasteiger partial charge in [0.25, 0.3) is 5.91 Å². The first-order valence-electron chi connectivity index (χ1n) is 9.29. The van der Waals surface area contributed by atoms with Crippen LogP contribution in [0.2, 0.25) is 0 Å². The maximum atomic E-state index is 14.0. The lowest BCUT2D eigenvalue weighted by Crippen LogP contribution is -2.14. The lowest BCUT2D eigenvalue weighted by atomic mass is 10.1. The van der Waals surface area contributed by atoms with E-state index >= 15 is 0 Å². The average molecular weight is 388 g/mol. The molecule has 0 fully saturated rings. The van der Waals surface area contributed by atoms with E-state index in [2.05, 4.69) is 15.6 Å². The summed E-state index contributed by atoms with van der Waals surface area (Å²) in [7, 11) is 1.64. The zero-order chi connectivity index (χ0) is 20.5. The summed E-state index contributed by atoms with van der Waals surface area (Å²) < 4.78 is 16.0. The van der Waals surface area contributed by atoms with Crippen LogP contribution in [0.5, 0.6) is 0 Å². The third-order valence-corrected chi connectivity index (χ3v) is 4.87. The normalized spacial score (nSPS) is 10.9. The maximum Gasteiger partial charge on any atom is 0.256 e. The van der Waals surface area contributed by atoms with Crippen LogP contribution in [0.25, 0.3) is 16.9 Å². The van der Waals surface area contributed by atoms with Gasteiger partial charge in [-0.15, -0.1) is 0 Å². The Labute approximate surface area is 168 Å². The Morgan fingerprint density at radius 1 is 1.03 bits per heavy atom. The molecule has 0 aliphatic rings. The van der Waals surface area contributed by atoms with Gasteiger partial charge in [0.15, 0.2) is 0 Å². The number of hydrogen-bond donors (Lipinski definition) is 2. The van der Waals surface area contributed by atoms with Crippen LogP contribution in [-0.2, 0) is 0 Å². The maximum absolute atomic E-state index is 14.0. The summed E-state index contributed by atoms with van der Waals surface area (Å²) in [5.74, 6) is -0.805. The first-order chi connectivity index (χ1) is 13.9. The Hall–Kier alpha value is -3.67. The van der Waals surface area contributed by atoms with Crippen molar-refractivity contribution in [1.29, 1.82) is 0 Å². The minimum absolute atomic E-state index is 0.307. The highest BCUT2D eigenvalue weighted by Gasteiger charge is 2.14. The van der Waals surface area contributed by atoms with Gasteiger partial charge in [0.05, 0.1) is 11.4 Å². The van der Waals surface area contributed by atoms with Crippen LogP contribution in [0.4, 0.5) is 15.8 Å². The van der Waals surface area contributed by atoms with E-state index in [1.54, 1.807) is 20.0 Å². The number of anilines is 2. The molecule has 0 unspecified atom stereocenters. The number of fused-ring (bicyclic) bond motifs is 1. The molecule has 0 aliphatic heterocycles. The van der Waals surface area contributed by atoms with Crippen molar-refractivity contribution in [3.05, 3.63) is 83.4 Å². The molecule has 0 atom stereocenters. The molecule has 0 saturated heterocycles. The summed E-state index contributed by atoms with van der Waals surface area (Å²) in [5, 5.41) is 5.60. The molecule has 4 aromatic rings. The standard InChI is InChI=1S/C23H21FN4O/c1-14-4-9-22-27-21(13-28(22)12-14)16-5-7-17(8-6-16)26-23(29)18-11-19(24)20(25-3)10-15(18)2/h4-13,25H,1-3H3,(H,26,29). The number of halogens is 1. The van der Waals surface area contributed by atoms with E-state index in [1.807, 2.05) is 60.1 Å². The molecule has 2 heterocycles. The van der Waals surface area contributed by atoms with E-state index < -0.39 is 5.82 Å². The minimum atomic E-state index is -0.458. The smallest absolute Gasteiger partial charge is 0.256 e. The number of carbonyl (C=O) groups excluding carboxylic acids is 1. The number of imidazole rings is 1. The van der Waals surface area contributed by atoms with Gasteiger partial charge in [-0.2, -0.15) is 0 Å². The van der Waals surface area contributed by atoms with Crippen molar-refractivity contribution in [2.45, 2.75) is 13.8 Å². The lowest BCUT2D eigenvalue weighted by molar-refractivity contribution is 0.102. The van der Waals surface area contributed by atoms with Crippen molar-refractivity contribution in [3.63, 3.8) is 0 Å². The molecule has 4 rings (SSSR count). The summed E-state index contributed by atoms with van der Waals surface area (Å²) in [6.45, 7) is 3.82. The van der Waals surface area contributed by atoms with Gasteiger partial charge in [0.2, 0.25) is 0 Å². The molecule has 29 heavy (non-hydrogen) atoms. The number of hydrogen-bond acceptors (Lipinski definition) is 3. The quantitative estimate of drug-likeness (QED) is 0.514. The second-order valence-electron chi connectivity index (χ2n) is 7.03. The molecule has 0 bridgehead atoms. The fourth-order valence-electron chi connectivity index (χ4n) is 3.28. The highest BCUT2D eigenvalue weighted by molar-refractivity contribution is 6.05. The second kappa shape index (κ2) is 7.39. The van der Waals surface area contributed by atoms with Crippen molar-refractivity contribution in [2.24, 2.45) is 0 Å². The van der Waals surface area contributed by atoms with Crippen LogP contribution in [0, 0.1) is 19.7 Å². The van der Waals surface area contributed by atoms with Crippen molar-refractivity contribution >= 4 is 22.9 Å². The summed E-state index contributed by atoms with van der Waals surface area (Å²) >= 11 is 0.